The van der Waals surface area contributed by atoms with Crippen molar-refractivity contribution in [2.75, 3.05) is 20.1 Å². The van der Waals surface area contributed by atoms with E-state index in [4.69, 9.17) is 0 Å². The van der Waals surface area contributed by atoms with E-state index in [1.54, 1.807) is 4.68 Å². The predicted octanol–water partition coefficient (Wildman–Crippen LogP) is 1.15. The van der Waals surface area contributed by atoms with Gasteiger partial charge in [-0.3, -0.25) is 9.48 Å². The van der Waals surface area contributed by atoms with Gasteiger partial charge in [0.2, 0.25) is 0 Å². The van der Waals surface area contributed by atoms with Crippen LogP contribution < -0.4 is 5.32 Å². The first-order chi connectivity index (χ1) is 8.80. The maximum atomic E-state index is 12.5. The number of carbonyl (C=O) groups is 1. The average molecular weight is 264 g/mol. The quantitative estimate of drug-likeness (QED) is 0.872. The van der Waals surface area contributed by atoms with Crippen molar-refractivity contribution in [3.05, 3.63) is 17.5 Å². The van der Waals surface area contributed by atoms with Crippen molar-refractivity contribution in [2.45, 2.75) is 38.6 Å². The lowest BCUT2D eigenvalue weighted by molar-refractivity contribution is 0.0732. The molecule has 0 aromatic carbocycles. The summed E-state index contributed by atoms with van der Waals surface area (Å²) in [5.41, 5.74) is 1.58. The minimum Gasteiger partial charge on any atom is -0.336 e. The highest BCUT2D eigenvalue weighted by Crippen LogP contribution is 2.22. The highest BCUT2D eigenvalue weighted by molar-refractivity contribution is 5.92. The highest BCUT2D eigenvalue weighted by Gasteiger charge is 2.27. The first-order valence-electron chi connectivity index (χ1n) is 6.83. The zero-order valence-electron chi connectivity index (χ0n) is 12.5. The molecule has 1 amide bonds. The second-order valence-corrected chi connectivity index (χ2v) is 6.35. The monoisotopic (exact) mass is 264 g/mol. The summed E-state index contributed by atoms with van der Waals surface area (Å²) in [5.74, 6) is 0.0548. The molecule has 1 fully saturated rings. The lowest BCUT2D eigenvalue weighted by atomic mass is 9.92. The number of nitrogens with zero attached hydrogens (tertiary/aromatic N) is 3. The van der Waals surface area contributed by atoms with Crippen molar-refractivity contribution in [1.29, 1.82) is 0 Å². The topological polar surface area (TPSA) is 50.2 Å². The van der Waals surface area contributed by atoms with Crippen molar-refractivity contribution >= 4 is 5.91 Å². The van der Waals surface area contributed by atoms with Crippen LogP contribution in [0.15, 0.2) is 6.07 Å². The Hall–Kier alpha value is -1.36. The minimum absolute atomic E-state index is 0.0379. The fraction of sp³-hybridized carbons (Fsp3) is 0.714. The average Bonchev–Trinajstić information content (AvgIpc) is 2.94. The summed E-state index contributed by atoms with van der Waals surface area (Å²) in [7, 11) is 3.72. The minimum atomic E-state index is -0.0379. The Balaban J connectivity index is 2.21. The van der Waals surface area contributed by atoms with E-state index in [1.807, 2.05) is 25.1 Å². The van der Waals surface area contributed by atoms with E-state index < -0.39 is 0 Å². The number of amides is 1. The summed E-state index contributed by atoms with van der Waals surface area (Å²) < 4.78 is 1.70. The van der Waals surface area contributed by atoms with E-state index in [-0.39, 0.29) is 11.3 Å². The molecule has 106 valence electrons. The van der Waals surface area contributed by atoms with Crippen molar-refractivity contribution in [2.24, 2.45) is 7.05 Å². The van der Waals surface area contributed by atoms with Crippen LogP contribution in [0.5, 0.6) is 0 Å². The van der Waals surface area contributed by atoms with Crippen LogP contribution in [-0.2, 0) is 12.5 Å². The molecular formula is C14H24N4O. The Morgan fingerprint density at radius 1 is 1.53 bits per heavy atom. The summed E-state index contributed by atoms with van der Waals surface area (Å²) >= 11 is 0. The molecule has 0 saturated carbocycles. The molecule has 0 radical (unpaired) electrons. The van der Waals surface area contributed by atoms with Gasteiger partial charge in [0.05, 0.1) is 5.69 Å². The molecule has 1 atom stereocenters. The van der Waals surface area contributed by atoms with E-state index in [0.717, 1.165) is 25.2 Å². The standard InChI is InChI=1S/C14H24N4O/c1-14(2,3)12-8-11(18(5)16-12)13(19)17(4)10-6-7-15-9-10/h8,10,15H,6-7,9H2,1-5H3/t10-/m1/s1. The number of aromatic nitrogens is 2. The van der Waals surface area contributed by atoms with Crippen molar-refractivity contribution in [3.63, 3.8) is 0 Å². The zero-order valence-corrected chi connectivity index (χ0v) is 12.5. The van der Waals surface area contributed by atoms with Gasteiger partial charge in [0.15, 0.2) is 0 Å². The number of aryl methyl sites for hydroxylation is 1. The van der Waals surface area contributed by atoms with E-state index >= 15 is 0 Å². The van der Waals surface area contributed by atoms with E-state index in [1.165, 1.54) is 0 Å². The summed E-state index contributed by atoms with van der Waals surface area (Å²) in [6, 6.07) is 2.21. The van der Waals surface area contributed by atoms with Crippen LogP contribution in [-0.4, -0.2) is 46.8 Å². The maximum Gasteiger partial charge on any atom is 0.272 e. The molecule has 0 spiro atoms. The number of likely N-dealkylation sites (N-methyl/N-ethyl adjacent to an activating group) is 1. The molecule has 1 aromatic rings. The van der Waals surface area contributed by atoms with Crippen LogP contribution in [0.4, 0.5) is 0 Å². The van der Waals surface area contributed by atoms with Crippen molar-refractivity contribution in [3.8, 4) is 0 Å². The normalized spacial score (nSPS) is 19.7. The van der Waals surface area contributed by atoms with Gasteiger partial charge in [-0.1, -0.05) is 20.8 Å². The molecule has 1 aliphatic rings. The largest absolute Gasteiger partial charge is 0.336 e. The molecule has 1 saturated heterocycles. The van der Waals surface area contributed by atoms with Gasteiger partial charge in [0.1, 0.15) is 5.69 Å². The Bertz CT molecular complexity index is 466. The molecule has 1 aromatic heterocycles. The van der Waals surface area contributed by atoms with Gasteiger partial charge >= 0.3 is 0 Å². The number of hydrogen-bond donors (Lipinski definition) is 1. The maximum absolute atomic E-state index is 12.5. The van der Waals surface area contributed by atoms with Gasteiger partial charge in [-0.05, 0) is 19.0 Å². The van der Waals surface area contributed by atoms with Crippen LogP contribution >= 0.6 is 0 Å². The summed E-state index contributed by atoms with van der Waals surface area (Å²) in [6.45, 7) is 8.18. The third-order valence-corrected chi connectivity index (χ3v) is 3.77. The number of hydrogen-bond acceptors (Lipinski definition) is 3. The highest BCUT2D eigenvalue weighted by atomic mass is 16.2. The summed E-state index contributed by atoms with van der Waals surface area (Å²) in [5, 5.41) is 7.75. The predicted molar refractivity (Wildman–Crippen MR) is 75.3 cm³/mol. The third kappa shape index (κ3) is 2.81. The fourth-order valence-corrected chi connectivity index (χ4v) is 2.35. The molecule has 1 aliphatic heterocycles. The van der Waals surface area contributed by atoms with Crippen LogP contribution in [0.1, 0.15) is 43.4 Å². The third-order valence-electron chi connectivity index (χ3n) is 3.77. The van der Waals surface area contributed by atoms with Gasteiger partial charge in [0, 0.05) is 32.1 Å². The summed E-state index contributed by atoms with van der Waals surface area (Å²) in [4.78, 5) is 14.4. The number of rotatable bonds is 2. The van der Waals surface area contributed by atoms with E-state index in [9.17, 15) is 4.79 Å². The van der Waals surface area contributed by atoms with Crippen molar-refractivity contribution in [1.82, 2.24) is 20.0 Å². The van der Waals surface area contributed by atoms with Crippen LogP contribution in [0.25, 0.3) is 0 Å². The zero-order chi connectivity index (χ0) is 14.2. The molecular weight excluding hydrogens is 240 g/mol. The van der Waals surface area contributed by atoms with Crippen molar-refractivity contribution < 1.29 is 4.79 Å². The second kappa shape index (κ2) is 4.96. The van der Waals surface area contributed by atoms with Gasteiger partial charge in [-0.25, -0.2) is 0 Å². The second-order valence-electron chi connectivity index (χ2n) is 6.35. The van der Waals surface area contributed by atoms with Crippen LogP contribution in [0, 0.1) is 0 Å². The molecule has 0 unspecified atom stereocenters. The van der Waals surface area contributed by atoms with Gasteiger partial charge in [-0.15, -0.1) is 0 Å². The number of nitrogens with one attached hydrogen (secondary N) is 1. The molecule has 1 N–H and O–H groups in total. The van der Waals surface area contributed by atoms with Gasteiger partial charge in [0.25, 0.3) is 5.91 Å². The first-order valence-corrected chi connectivity index (χ1v) is 6.83. The molecule has 0 bridgehead atoms. The smallest absolute Gasteiger partial charge is 0.272 e. The molecule has 2 rings (SSSR count). The van der Waals surface area contributed by atoms with E-state index in [0.29, 0.717) is 11.7 Å². The molecule has 19 heavy (non-hydrogen) atoms. The lowest BCUT2D eigenvalue weighted by Crippen LogP contribution is -2.39. The number of carbonyl (C=O) groups excluding carboxylic acids is 1. The summed E-state index contributed by atoms with van der Waals surface area (Å²) in [6.07, 6.45) is 1.02. The Labute approximate surface area is 115 Å². The fourth-order valence-electron chi connectivity index (χ4n) is 2.35. The van der Waals surface area contributed by atoms with Gasteiger partial charge < -0.3 is 10.2 Å². The SMILES string of the molecule is CN(C(=O)c1cc(C(C)(C)C)nn1C)[C@@H]1CCNC1. The van der Waals surface area contributed by atoms with Crippen LogP contribution in [0.3, 0.4) is 0 Å². The van der Waals surface area contributed by atoms with Gasteiger partial charge in [-0.2, -0.15) is 5.10 Å². The first kappa shape index (κ1) is 14.1. The Kier molecular flexibility index (Phi) is 3.67. The molecule has 5 heteroatoms. The lowest BCUT2D eigenvalue weighted by Gasteiger charge is -2.23. The van der Waals surface area contributed by atoms with Crippen LogP contribution in [0.2, 0.25) is 0 Å². The molecule has 0 aliphatic carbocycles. The van der Waals surface area contributed by atoms with E-state index in [2.05, 4.69) is 31.2 Å². The molecule has 2 heterocycles. The Morgan fingerprint density at radius 3 is 2.68 bits per heavy atom. The Morgan fingerprint density at radius 2 is 2.21 bits per heavy atom. The molecule has 5 nitrogen and oxygen atoms in total.